The van der Waals surface area contributed by atoms with Gasteiger partial charge in [0.15, 0.2) is 6.10 Å². The Kier molecular flexibility index (Phi) is 9.32. The number of nitrogens with one attached hydrogen (secondary N) is 2. The van der Waals surface area contributed by atoms with Crippen molar-refractivity contribution in [2.75, 3.05) is 5.88 Å². The molecule has 3 atom stereocenters. The molecule has 1 heterocycles. The number of hydrogen-bond donors (Lipinski definition) is 3. The second-order valence-corrected chi connectivity index (χ2v) is 12.4. The molecule has 210 valence electrons. The first-order valence-corrected chi connectivity index (χ1v) is 14.4. The highest BCUT2D eigenvalue weighted by atomic mass is 32.2. The summed E-state index contributed by atoms with van der Waals surface area (Å²) >= 11 is 1.49. The van der Waals surface area contributed by atoms with Crippen LogP contribution in [0.2, 0.25) is 0 Å². The molecule has 1 saturated heterocycles. The zero-order chi connectivity index (χ0) is 28.9. The van der Waals surface area contributed by atoms with Crippen LogP contribution in [-0.2, 0) is 22.6 Å². The maximum Gasteiger partial charge on any atom is 0.254 e. The van der Waals surface area contributed by atoms with Crippen LogP contribution < -0.4 is 10.6 Å². The zero-order valence-corrected chi connectivity index (χ0v) is 24.2. The van der Waals surface area contributed by atoms with Gasteiger partial charge in [0.05, 0.1) is 11.9 Å². The average molecular weight is 560 g/mol. The summed E-state index contributed by atoms with van der Waals surface area (Å²) in [7, 11) is 0. The molecule has 8 heteroatoms. The maximum atomic E-state index is 13.8. The standard InChI is InChI=1S/C32H37N3O4S/c1-21-11-10-16-24(17-21)29(37)34-26(18-23-13-6-5-7-14-23)27(36)31(39)35-20-40-32(3,4)28(35)30(38)33-19-25-15-9-8-12-22(25)2/h5-17,26-28,36H,18-20H2,1-4H3,(H,33,38)(H,34,37)/t26?,27-,28+/m0/s1. The van der Waals surface area contributed by atoms with Gasteiger partial charge in [-0.2, -0.15) is 0 Å². The van der Waals surface area contributed by atoms with Gasteiger partial charge in [0.1, 0.15) is 6.04 Å². The van der Waals surface area contributed by atoms with Crippen molar-refractivity contribution in [3.63, 3.8) is 0 Å². The second-order valence-electron chi connectivity index (χ2n) is 10.8. The first-order chi connectivity index (χ1) is 19.1. The molecule has 0 saturated carbocycles. The number of thioether (sulfide) groups is 1. The first kappa shape index (κ1) is 29.4. The number of carbonyl (C=O) groups is 3. The molecule has 1 unspecified atom stereocenters. The van der Waals surface area contributed by atoms with Crippen LogP contribution in [0.1, 0.15) is 46.5 Å². The minimum absolute atomic E-state index is 0.250. The van der Waals surface area contributed by atoms with E-state index in [1.807, 2.05) is 88.4 Å². The van der Waals surface area contributed by atoms with Crippen molar-refractivity contribution in [3.05, 3.63) is 107 Å². The predicted molar refractivity (Wildman–Crippen MR) is 159 cm³/mol. The SMILES string of the molecule is Cc1cccc(C(=O)NC(Cc2ccccc2)[C@H](O)C(=O)N2CSC(C)(C)[C@H]2C(=O)NCc2ccccc2C)c1. The van der Waals surface area contributed by atoms with Crippen LogP contribution in [-0.4, -0.2) is 56.5 Å². The third-order valence-corrected chi connectivity index (χ3v) is 8.70. The van der Waals surface area contributed by atoms with E-state index in [2.05, 4.69) is 10.6 Å². The van der Waals surface area contributed by atoms with Crippen LogP contribution in [0.3, 0.4) is 0 Å². The van der Waals surface area contributed by atoms with Crippen molar-refractivity contribution in [3.8, 4) is 0 Å². The van der Waals surface area contributed by atoms with Crippen molar-refractivity contribution in [2.24, 2.45) is 0 Å². The van der Waals surface area contributed by atoms with Gasteiger partial charge in [0.2, 0.25) is 5.91 Å². The highest BCUT2D eigenvalue weighted by Crippen LogP contribution is 2.40. The molecule has 7 nitrogen and oxygen atoms in total. The fourth-order valence-corrected chi connectivity index (χ4v) is 6.13. The Hall–Kier alpha value is -3.62. The summed E-state index contributed by atoms with van der Waals surface area (Å²) in [6.07, 6.45) is -1.30. The van der Waals surface area contributed by atoms with Crippen molar-refractivity contribution >= 4 is 29.5 Å². The molecule has 0 radical (unpaired) electrons. The lowest BCUT2D eigenvalue weighted by atomic mass is 9.96. The predicted octanol–water partition coefficient (Wildman–Crippen LogP) is 4.00. The highest BCUT2D eigenvalue weighted by molar-refractivity contribution is 8.00. The Morgan fingerprint density at radius 1 is 1.00 bits per heavy atom. The molecule has 1 aliphatic heterocycles. The summed E-state index contributed by atoms with van der Waals surface area (Å²) in [6.45, 7) is 8.08. The summed E-state index contributed by atoms with van der Waals surface area (Å²) in [5.41, 5.74) is 4.31. The largest absolute Gasteiger partial charge is 0.381 e. The number of benzene rings is 3. The van der Waals surface area contributed by atoms with Gasteiger partial charge in [-0.1, -0.05) is 72.3 Å². The van der Waals surface area contributed by atoms with Gasteiger partial charge in [-0.25, -0.2) is 0 Å². The van der Waals surface area contributed by atoms with Crippen LogP contribution >= 0.6 is 11.8 Å². The van der Waals surface area contributed by atoms with E-state index in [9.17, 15) is 19.5 Å². The molecule has 1 aliphatic rings. The van der Waals surface area contributed by atoms with Crippen LogP contribution in [0, 0.1) is 13.8 Å². The van der Waals surface area contributed by atoms with E-state index in [0.717, 1.165) is 22.3 Å². The summed E-state index contributed by atoms with van der Waals surface area (Å²) in [5, 5.41) is 17.3. The molecule has 40 heavy (non-hydrogen) atoms. The monoisotopic (exact) mass is 559 g/mol. The molecule has 0 aliphatic carbocycles. The van der Waals surface area contributed by atoms with Gasteiger partial charge in [-0.05, 0) is 62.9 Å². The van der Waals surface area contributed by atoms with Crippen molar-refractivity contribution in [1.82, 2.24) is 15.5 Å². The number of hydrogen-bond acceptors (Lipinski definition) is 5. The van der Waals surface area contributed by atoms with E-state index in [1.54, 1.807) is 18.2 Å². The summed E-state index contributed by atoms with van der Waals surface area (Å²) in [4.78, 5) is 41.9. The van der Waals surface area contributed by atoms with Gasteiger partial charge in [0, 0.05) is 16.9 Å². The third-order valence-electron chi connectivity index (χ3n) is 7.32. The lowest BCUT2D eigenvalue weighted by Gasteiger charge is -2.33. The van der Waals surface area contributed by atoms with Crippen molar-refractivity contribution in [2.45, 2.75) is 63.6 Å². The Bertz CT molecular complexity index is 1360. The normalized spacial score (nSPS) is 17.6. The van der Waals surface area contributed by atoms with E-state index in [1.165, 1.54) is 16.7 Å². The first-order valence-electron chi connectivity index (χ1n) is 13.4. The average Bonchev–Trinajstić information content (AvgIpc) is 3.26. The zero-order valence-electron chi connectivity index (χ0n) is 23.4. The van der Waals surface area contributed by atoms with Crippen molar-refractivity contribution in [1.29, 1.82) is 0 Å². The number of rotatable bonds is 9. The number of carbonyl (C=O) groups excluding carboxylic acids is 3. The summed E-state index contributed by atoms with van der Waals surface area (Å²) in [6, 6.07) is 22.7. The van der Waals surface area contributed by atoms with Gasteiger partial charge < -0.3 is 20.6 Å². The molecular weight excluding hydrogens is 522 g/mol. The molecule has 4 rings (SSSR count). The maximum absolute atomic E-state index is 13.8. The highest BCUT2D eigenvalue weighted by Gasteiger charge is 2.49. The molecular formula is C32H37N3O4S. The Balaban J connectivity index is 1.54. The number of amides is 3. The van der Waals surface area contributed by atoms with E-state index in [0.29, 0.717) is 12.1 Å². The third kappa shape index (κ3) is 6.92. The fraction of sp³-hybridized carbons (Fsp3) is 0.344. The van der Waals surface area contributed by atoms with Crippen LogP contribution in [0.25, 0.3) is 0 Å². The lowest BCUT2D eigenvalue weighted by Crippen LogP contribution is -2.58. The molecule has 3 N–H and O–H groups in total. The molecule has 3 aromatic carbocycles. The summed E-state index contributed by atoms with van der Waals surface area (Å²) < 4.78 is -0.565. The topological polar surface area (TPSA) is 98.7 Å². The van der Waals surface area contributed by atoms with Crippen LogP contribution in [0.15, 0.2) is 78.9 Å². The fourth-order valence-electron chi connectivity index (χ4n) is 4.99. The van der Waals surface area contributed by atoms with Gasteiger partial charge in [-0.3, -0.25) is 14.4 Å². The molecule has 1 fully saturated rings. The van der Waals surface area contributed by atoms with Crippen molar-refractivity contribution < 1.29 is 19.5 Å². The molecule has 3 aromatic rings. The molecule has 0 aromatic heterocycles. The van der Waals surface area contributed by atoms with Gasteiger partial charge >= 0.3 is 0 Å². The second kappa shape index (κ2) is 12.7. The van der Waals surface area contributed by atoms with E-state index >= 15 is 0 Å². The van der Waals surface area contributed by atoms with E-state index in [4.69, 9.17) is 0 Å². The van der Waals surface area contributed by atoms with E-state index in [-0.39, 0.29) is 24.1 Å². The van der Waals surface area contributed by atoms with E-state index < -0.39 is 28.8 Å². The number of aryl methyl sites for hydroxylation is 2. The van der Waals surface area contributed by atoms with Gasteiger partial charge in [-0.15, -0.1) is 11.8 Å². The van der Waals surface area contributed by atoms with Gasteiger partial charge in [0.25, 0.3) is 11.8 Å². The minimum atomic E-state index is -1.55. The Morgan fingerprint density at radius 2 is 1.70 bits per heavy atom. The van der Waals surface area contributed by atoms with Crippen LogP contribution in [0.5, 0.6) is 0 Å². The number of aliphatic hydroxyl groups excluding tert-OH is 1. The minimum Gasteiger partial charge on any atom is -0.381 e. The molecule has 0 bridgehead atoms. The Morgan fingerprint density at radius 3 is 2.40 bits per heavy atom. The van der Waals surface area contributed by atoms with Crippen LogP contribution in [0.4, 0.5) is 0 Å². The molecule has 0 spiro atoms. The number of aliphatic hydroxyl groups is 1. The Labute approximate surface area is 240 Å². The lowest BCUT2D eigenvalue weighted by molar-refractivity contribution is -0.147. The quantitative estimate of drug-likeness (QED) is 0.368. The molecule has 3 amide bonds. The number of nitrogens with zero attached hydrogens (tertiary/aromatic N) is 1. The summed E-state index contributed by atoms with van der Waals surface area (Å²) in [5.74, 6) is -0.975. The smallest absolute Gasteiger partial charge is 0.254 e.